The molecule has 3 aromatic rings. The molecule has 18 heteroatoms. The molecule has 0 unspecified atom stereocenters. The van der Waals surface area contributed by atoms with Gasteiger partial charge in [0.25, 0.3) is 0 Å². The number of carbonyl (C=O) groups excluding carboxylic acids is 2. The van der Waals surface area contributed by atoms with Gasteiger partial charge in [-0.1, -0.05) is 36.8 Å². The van der Waals surface area contributed by atoms with E-state index in [9.17, 15) is 35.9 Å². The van der Waals surface area contributed by atoms with Crippen LogP contribution in [0.5, 0.6) is 5.75 Å². The lowest BCUT2D eigenvalue weighted by Crippen LogP contribution is -2.50. The number of pyridine rings is 1. The number of likely N-dealkylation sites (tertiary alicyclic amines) is 1. The standard InChI is InChI=1S/C27H30N4O4.2C2HF3O2/c1-17-15-18(21-5-2-3-7-23(21)29-17)16-35-20-11-9-19(10-12-20)27(28)13-14-31(26(27)33)24-8-4-6-22(24)25(32)30-34;2*3-2(4,5)1(6)7/h2-3,5,7,9-12,15,22,24,34H,4,6,8,13-14,16,28H2,1H3,(H,30,32);2*(H,6,7)/t22-,24-,27+;;/m1../s1. The summed E-state index contributed by atoms with van der Waals surface area (Å²) in [5.74, 6) is -5.84. The number of aryl methyl sites for hydroxylation is 1. The molecule has 49 heavy (non-hydrogen) atoms. The maximum Gasteiger partial charge on any atom is 0.490 e. The number of nitrogens with two attached hydrogens (primary N) is 1. The minimum Gasteiger partial charge on any atom is -0.489 e. The largest absolute Gasteiger partial charge is 0.490 e. The highest BCUT2D eigenvalue weighted by molar-refractivity contribution is 5.91. The molecular weight excluding hydrogens is 670 g/mol. The third kappa shape index (κ3) is 9.56. The van der Waals surface area contributed by atoms with E-state index in [-0.39, 0.29) is 11.9 Å². The summed E-state index contributed by atoms with van der Waals surface area (Å²) in [5, 5.41) is 24.4. The van der Waals surface area contributed by atoms with Gasteiger partial charge in [0, 0.05) is 29.2 Å². The first-order valence-corrected chi connectivity index (χ1v) is 14.5. The van der Waals surface area contributed by atoms with Crippen LogP contribution in [0.3, 0.4) is 0 Å². The van der Waals surface area contributed by atoms with Crippen LogP contribution in [0.2, 0.25) is 0 Å². The minimum atomic E-state index is -5.08. The van der Waals surface area contributed by atoms with E-state index < -0.39 is 41.7 Å². The number of benzene rings is 2. The van der Waals surface area contributed by atoms with Crippen LogP contribution in [0, 0.1) is 12.8 Å². The Labute approximate surface area is 274 Å². The van der Waals surface area contributed by atoms with Gasteiger partial charge in [0.2, 0.25) is 11.8 Å². The molecule has 2 fully saturated rings. The number of carboxylic acids is 2. The summed E-state index contributed by atoms with van der Waals surface area (Å²) in [7, 11) is 0. The summed E-state index contributed by atoms with van der Waals surface area (Å²) in [6.45, 7) is 2.86. The van der Waals surface area contributed by atoms with Gasteiger partial charge < -0.3 is 25.6 Å². The van der Waals surface area contributed by atoms with Crippen molar-refractivity contribution in [1.82, 2.24) is 15.4 Å². The summed E-state index contributed by atoms with van der Waals surface area (Å²) in [4.78, 5) is 49.6. The second-order valence-corrected chi connectivity index (χ2v) is 11.2. The summed E-state index contributed by atoms with van der Waals surface area (Å²) >= 11 is 0. The Hall–Kier alpha value is -4.97. The Morgan fingerprint density at radius 3 is 2.12 bits per heavy atom. The fourth-order valence-electron chi connectivity index (χ4n) is 5.57. The van der Waals surface area contributed by atoms with Gasteiger partial charge in [0.05, 0.1) is 11.4 Å². The predicted molar refractivity (Wildman–Crippen MR) is 158 cm³/mol. The molecule has 2 aromatic carbocycles. The smallest absolute Gasteiger partial charge is 0.489 e. The lowest BCUT2D eigenvalue weighted by Gasteiger charge is -2.30. The van der Waals surface area contributed by atoms with Crippen molar-refractivity contribution in [1.29, 1.82) is 0 Å². The zero-order valence-electron chi connectivity index (χ0n) is 25.7. The number of para-hydroxylation sites is 1. The Kier molecular flexibility index (Phi) is 12.2. The van der Waals surface area contributed by atoms with Crippen LogP contribution in [0.25, 0.3) is 10.9 Å². The highest BCUT2D eigenvalue weighted by Gasteiger charge is 2.50. The Morgan fingerprint density at radius 1 is 1.00 bits per heavy atom. The number of alkyl halides is 6. The molecule has 1 saturated carbocycles. The van der Waals surface area contributed by atoms with E-state index in [0.29, 0.717) is 31.7 Å². The monoisotopic (exact) mass is 702 g/mol. The van der Waals surface area contributed by atoms with Gasteiger partial charge in [-0.25, -0.2) is 15.1 Å². The number of nitrogens with one attached hydrogen (secondary N) is 1. The molecule has 0 radical (unpaired) electrons. The van der Waals surface area contributed by atoms with Crippen molar-refractivity contribution in [3.05, 3.63) is 71.4 Å². The first kappa shape index (κ1) is 38.5. The van der Waals surface area contributed by atoms with E-state index in [0.717, 1.165) is 40.6 Å². The number of hydrogen-bond donors (Lipinski definition) is 5. The third-order valence-electron chi connectivity index (χ3n) is 7.90. The molecule has 12 nitrogen and oxygen atoms in total. The summed E-state index contributed by atoms with van der Waals surface area (Å²) in [6, 6.07) is 17.2. The van der Waals surface area contributed by atoms with Crippen molar-refractivity contribution in [3.8, 4) is 5.75 Å². The number of fused-ring (bicyclic) bond motifs is 1. The number of aromatic nitrogens is 1. The Bertz CT molecular complexity index is 1640. The molecule has 0 spiro atoms. The molecule has 2 amide bonds. The van der Waals surface area contributed by atoms with E-state index in [1.807, 2.05) is 61.5 Å². The summed E-state index contributed by atoms with van der Waals surface area (Å²) in [6.07, 6.45) is -7.48. The molecule has 2 aliphatic rings. The van der Waals surface area contributed by atoms with Crippen LogP contribution in [-0.4, -0.2) is 74.0 Å². The van der Waals surface area contributed by atoms with Gasteiger partial charge in [0.1, 0.15) is 17.9 Å². The Morgan fingerprint density at radius 2 is 1.57 bits per heavy atom. The van der Waals surface area contributed by atoms with Gasteiger partial charge >= 0.3 is 24.3 Å². The predicted octanol–water partition coefficient (Wildman–Crippen LogP) is 4.45. The average molecular weight is 703 g/mol. The zero-order chi connectivity index (χ0) is 36.7. The second-order valence-electron chi connectivity index (χ2n) is 11.2. The number of halogens is 6. The highest BCUT2D eigenvalue weighted by Crippen LogP contribution is 2.39. The van der Waals surface area contributed by atoms with Gasteiger partial charge in [-0.2, -0.15) is 26.3 Å². The number of carbonyl (C=O) groups is 4. The van der Waals surface area contributed by atoms with E-state index >= 15 is 0 Å². The fourth-order valence-corrected chi connectivity index (χ4v) is 5.57. The van der Waals surface area contributed by atoms with Crippen molar-refractivity contribution in [2.45, 2.75) is 63.1 Å². The van der Waals surface area contributed by atoms with Crippen LogP contribution in [-0.2, 0) is 31.3 Å². The molecule has 6 N–H and O–H groups in total. The number of amides is 2. The topological polar surface area (TPSA) is 192 Å². The maximum absolute atomic E-state index is 13.4. The SMILES string of the molecule is Cc1cc(COc2ccc([C@@]3(N)CCN([C@@H]4CCC[C@H]4C(=O)NO)C3=O)cc2)c2ccccc2n1.O=C(O)C(F)(F)F.O=C(O)C(F)(F)F. The molecule has 1 aromatic heterocycles. The molecule has 1 aliphatic carbocycles. The maximum atomic E-state index is 13.4. The van der Waals surface area contributed by atoms with Crippen molar-refractivity contribution in [3.63, 3.8) is 0 Å². The molecule has 5 rings (SSSR count). The van der Waals surface area contributed by atoms with Crippen LogP contribution in [0.4, 0.5) is 26.3 Å². The fraction of sp³-hybridized carbons (Fsp3) is 0.387. The molecule has 1 aliphatic heterocycles. The third-order valence-corrected chi connectivity index (χ3v) is 7.90. The molecule has 0 bridgehead atoms. The quantitative estimate of drug-likeness (QED) is 0.139. The molecule has 3 atom stereocenters. The van der Waals surface area contributed by atoms with Crippen LogP contribution < -0.4 is 16.0 Å². The van der Waals surface area contributed by atoms with Crippen LogP contribution in [0.1, 0.15) is 42.5 Å². The average Bonchev–Trinajstić information content (AvgIpc) is 3.64. The van der Waals surface area contributed by atoms with E-state index in [2.05, 4.69) is 4.98 Å². The van der Waals surface area contributed by atoms with Gasteiger partial charge in [-0.3, -0.25) is 19.8 Å². The van der Waals surface area contributed by atoms with Gasteiger partial charge in [0.15, 0.2) is 0 Å². The number of ether oxygens (including phenoxy) is 1. The minimum absolute atomic E-state index is 0.174. The first-order chi connectivity index (χ1) is 22.8. The van der Waals surface area contributed by atoms with Crippen molar-refractivity contribution in [2.75, 3.05) is 6.54 Å². The van der Waals surface area contributed by atoms with Crippen LogP contribution in [0.15, 0.2) is 54.6 Å². The lowest BCUT2D eigenvalue weighted by molar-refractivity contribution is -0.193. The number of aliphatic carboxylic acids is 2. The molecule has 266 valence electrons. The number of hydroxylamine groups is 1. The van der Waals surface area contributed by atoms with Crippen molar-refractivity contribution in [2.24, 2.45) is 11.7 Å². The molecule has 2 heterocycles. The van der Waals surface area contributed by atoms with Crippen molar-refractivity contribution < 1.29 is 65.7 Å². The normalized spacial score (nSPS) is 20.5. The van der Waals surface area contributed by atoms with E-state index in [1.165, 1.54) is 0 Å². The summed E-state index contributed by atoms with van der Waals surface area (Å²) in [5.41, 5.74) is 10.9. The number of carboxylic acid groups (broad SMARTS) is 2. The second kappa shape index (κ2) is 15.5. The number of rotatable bonds is 6. The van der Waals surface area contributed by atoms with Crippen LogP contribution >= 0.6 is 0 Å². The van der Waals surface area contributed by atoms with Crippen molar-refractivity contribution >= 4 is 34.7 Å². The van der Waals surface area contributed by atoms with E-state index in [4.69, 9.17) is 35.5 Å². The zero-order valence-corrected chi connectivity index (χ0v) is 25.7. The Balaban J connectivity index is 0.000000392. The number of nitrogens with zero attached hydrogens (tertiary/aromatic N) is 2. The summed E-state index contributed by atoms with van der Waals surface area (Å²) < 4.78 is 69.5. The van der Waals surface area contributed by atoms with Gasteiger partial charge in [-0.15, -0.1) is 0 Å². The number of hydrogen-bond acceptors (Lipinski definition) is 8. The molecular formula is C31H32F6N4O8. The van der Waals surface area contributed by atoms with E-state index in [1.54, 1.807) is 10.4 Å². The molecule has 1 saturated heterocycles. The first-order valence-electron chi connectivity index (χ1n) is 14.5. The highest BCUT2D eigenvalue weighted by atomic mass is 19.4. The van der Waals surface area contributed by atoms with Gasteiger partial charge in [-0.05, 0) is 56.0 Å². The lowest BCUT2D eigenvalue weighted by atomic mass is 9.89.